The SMILES string of the molecule is CC(=O)OCCNC(=O)C(=Cc1ccc2c(c1)OCO2)NC(=O)c1ccc(Br)cc1. The number of carbonyl (C=O) groups excluding carboxylic acids is 3. The van der Waals surface area contributed by atoms with Crippen molar-refractivity contribution in [2.75, 3.05) is 19.9 Å². The molecule has 0 aliphatic carbocycles. The number of benzene rings is 2. The maximum atomic E-state index is 12.6. The molecule has 0 fully saturated rings. The van der Waals surface area contributed by atoms with Gasteiger partial charge in [0.15, 0.2) is 11.5 Å². The van der Waals surface area contributed by atoms with Gasteiger partial charge < -0.3 is 24.8 Å². The molecule has 30 heavy (non-hydrogen) atoms. The zero-order valence-corrected chi connectivity index (χ0v) is 17.7. The standard InChI is InChI=1S/C21H19BrN2O6/c1-13(25)28-9-8-23-21(27)17(24-20(26)15-3-5-16(22)6-4-15)10-14-2-7-18-19(11-14)30-12-29-18/h2-7,10-11H,8-9,12H2,1H3,(H,23,27)(H,24,26). The molecule has 0 saturated carbocycles. The van der Waals surface area contributed by atoms with Crippen LogP contribution in [0, 0.1) is 0 Å². The van der Waals surface area contributed by atoms with Gasteiger partial charge in [0.1, 0.15) is 12.3 Å². The molecule has 2 N–H and O–H groups in total. The molecule has 1 aliphatic rings. The predicted octanol–water partition coefficient (Wildman–Crippen LogP) is 2.63. The molecule has 0 aromatic heterocycles. The Labute approximate surface area is 181 Å². The van der Waals surface area contributed by atoms with Gasteiger partial charge in [-0.25, -0.2) is 0 Å². The van der Waals surface area contributed by atoms with Crippen LogP contribution in [0.2, 0.25) is 0 Å². The molecule has 2 aromatic rings. The highest BCUT2D eigenvalue weighted by atomic mass is 79.9. The first-order valence-electron chi connectivity index (χ1n) is 9.02. The van der Waals surface area contributed by atoms with E-state index < -0.39 is 17.8 Å². The third-order valence-corrected chi connectivity index (χ3v) is 4.53. The highest BCUT2D eigenvalue weighted by molar-refractivity contribution is 9.10. The first kappa shape index (κ1) is 21.4. The van der Waals surface area contributed by atoms with Crippen molar-refractivity contribution < 1.29 is 28.6 Å². The molecule has 9 heteroatoms. The van der Waals surface area contributed by atoms with Crippen LogP contribution in [0.4, 0.5) is 0 Å². The highest BCUT2D eigenvalue weighted by Gasteiger charge is 2.17. The van der Waals surface area contributed by atoms with Crippen LogP contribution in [0.1, 0.15) is 22.8 Å². The minimum atomic E-state index is -0.523. The molecule has 2 amide bonds. The van der Waals surface area contributed by atoms with E-state index in [-0.39, 0.29) is 25.6 Å². The predicted molar refractivity (Wildman–Crippen MR) is 112 cm³/mol. The molecular weight excluding hydrogens is 456 g/mol. The van der Waals surface area contributed by atoms with Crippen molar-refractivity contribution in [3.05, 3.63) is 63.8 Å². The van der Waals surface area contributed by atoms with E-state index >= 15 is 0 Å². The van der Waals surface area contributed by atoms with Crippen LogP contribution in [-0.2, 0) is 14.3 Å². The van der Waals surface area contributed by atoms with Crippen molar-refractivity contribution in [1.82, 2.24) is 10.6 Å². The van der Waals surface area contributed by atoms with Crippen molar-refractivity contribution in [2.24, 2.45) is 0 Å². The van der Waals surface area contributed by atoms with Crippen LogP contribution in [-0.4, -0.2) is 37.7 Å². The van der Waals surface area contributed by atoms with E-state index in [4.69, 9.17) is 14.2 Å². The molecule has 0 spiro atoms. The Hall–Kier alpha value is -3.33. The fourth-order valence-electron chi connectivity index (χ4n) is 2.58. The van der Waals surface area contributed by atoms with Crippen LogP contribution in [0.25, 0.3) is 6.08 Å². The maximum absolute atomic E-state index is 12.6. The number of halogens is 1. The van der Waals surface area contributed by atoms with Gasteiger partial charge in [-0.1, -0.05) is 22.0 Å². The normalized spacial score (nSPS) is 12.3. The number of hydrogen-bond donors (Lipinski definition) is 2. The fourth-order valence-corrected chi connectivity index (χ4v) is 2.84. The maximum Gasteiger partial charge on any atom is 0.302 e. The number of ether oxygens (including phenoxy) is 3. The van der Waals surface area contributed by atoms with Crippen LogP contribution < -0.4 is 20.1 Å². The first-order chi connectivity index (χ1) is 14.4. The monoisotopic (exact) mass is 474 g/mol. The Morgan fingerprint density at radius 1 is 1.10 bits per heavy atom. The second-order valence-electron chi connectivity index (χ2n) is 6.23. The van der Waals surface area contributed by atoms with Gasteiger partial charge in [0.2, 0.25) is 6.79 Å². The number of nitrogens with one attached hydrogen (secondary N) is 2. The molecule has 2 aromatic carbocycles. The lowest BCUT2D eigenvalue weighted by Crippen LogP contribution is -2.36. The molecule has 0 radical (unpaired) electrons. The molecule has 3 rings (SSSR count). The molecule has 0 bridgehead atoms. The molecule has 8 nitrogen and oxygen atoms in total. The first-order valence-corrected chi connectivity index (χ1v) is 9.81. The summed E-state index contributed by atoms with van der Waals surface area (Å²) in [6.07, 6.45) is 1.53. The van der Waals surface area contributed by atoms with Crippen LogP contribution >= 0.6 is 15.9 Å². The number of amides is 2. The molecule has 0 unspecified atom stereocenters. The van der Waals surface area contributed by atoms with E-state index in [1.807, 2.05) is 0 Å². The second kappa shape index (κ2) is 9.93. The largest absolute Gasteiger partial charge is 0.464 e. The number of carbonyl (C=O) groups is 3. The lowest BCUT2D eigenvalue weighted by molar-refractivity contribution is -0.141. The Morgan fingerprint density at radius 3 is 2.57 bits per heavy atom. The van der Waals surface area contributed by atoms with Gasteiger partial charge in [-0.2, -0.15) is 0 Å². The molecule has 0 saturated heterocycles. The van der Waals surface area contributed by atoms with E-state index in [0.29, 0.717) is 22.6 Å². The highest BCUT2D eigenvalue weighted by Crippen LogP contribution is 2.33. The summed E-state index contributed by atoms with van der Waals surface area (Å²) in [5, 5.41) is 5.25. The third kappa shape index (κ3) is 5.84. The Morgan fingerprint density at radius 2 is 1.83 bits per heavy atom. The lowest BCUT2D eigenvalue weighted by atomic mass is 10.1. The Bertz CT molecular complexity index is 987. The molecule has 0 atom stereocenters. The minimum absolute atomic E-state index is 0.0268. The number of hydrogen-bond acceptors (Lipinski definition) is 6. The summed E-state index contributed by atoms with van der Waals surface area (Å²) in [7, 11) is 0. The van der Waals surface area contributed by atoms with Gasteiger partial charge in [0.25, 0.3) is 11.8 Å². The number of rotatable bonds is 7. The number of fused-ring (bicyclic) bond motifs is 1. The van der Waals surface area contributed by atoms with E-state index in [1.54, 1.807) is 42.5 Å². The van der Waals surface area contributed by atoms with Gasteiger partial charge >= 0.3 is 5.97 Å². The van der Waals surface area contributed by atoms with Crippen LogP contribution in [0.15, 0.2) is 52.6 Å². The second-order valence-corrected chi connectivity index (χ2v) is 7.14. The zero-order chi connectivity index (χ0) is 21.5. The van der Waals surface area contributed by atoms with Gasteiger partial charge in [0.05, 0.1) is 6.54 Å². The molecule has 1 heterocycles. The Kier molecular flexibility index (Phi) is 7.08. The lowest BCUT2D eigenvalue weighted by Gasteiger charge is -2.11. The third-order valence-electron chi connectivity index (χ3n) is 4.00. The van der Waals surface area contributed by atoms with Crippen LogP contribution in [0.3, 0.4) is 0 Å². The van der Waals surface area contributed by atoms with E-state index in [0.717, 1.165) is 4.47 Å². The van der Waals surface area contributed by atoms with Gasteiger partial charge in [0, 0.05) is 17.0 Å². The van der Waals surface area contributed by atoms with Gasteiger partial charge in [-0.15, -0.1) is 0 Å². The summed E-state index contributed by atoms with van der Waals surface area (Å²) in [6.45, 7) is 1.54. The van der Waals surface area contributed by atoms with E-state index in [1.165, 1.54) is 13.0 Å². The summed E-state index contributed by atoms with van der Waals surface area (Å²) in [5.74, 6) is -0.241. The average Bonchev–Trinajstić information content (AvgIpc) is 3.18. The van der Waals surface area contributed by atoms with Crippen molar-refractivity contribution >= 4 is 39.8 Å². The quantitative estimate of drug-likeness (QED) is 0.363. The topological polar surface area (TPSA) is 103 Å². The summed E-state index contributed by atoms with van der Waals surface area (Å²) in [4.78, 5) is 36.1. The molecular formula is C21H19BrN2O6. The van der Waals surface area contributed by atoms with Crippen molar-refractivity contribution in [3.63, 3.8) is 0 Å². The van der Waals surface area contributed by atoms with Crippen LogP contribution in [0.5, 0.6) is 11.5 Å². The van der Waals surface area contributed by atoms with Gasteiger partial charge in [-0.3, -0.25) is 14.4 Å². The molecule has 1 aliphatic heterocycles. The number of esters is 1. The smallest absolute Gasteiger partial charge is 0.302 e. The average molecular weight is 475 g/mol. The van der Waals surface area contributed by atoms with Crippen molar-refractivity contribution in [1.29, 1.82) is 0 Å². The van der Waals surface area contributed by atoms with E-state index in [9.17, 15) is 14.4 Å². The van der Waals surface area contributed by atoms with Crippen molar-refractivity contribution in [2.45, 2.75) is 6.92 Å². The summed E-state index contributed by atoms with van der Waals surface area (Å²) >= 11 is 3.32. The fraction of sp³-hybridized carbons (Fsp3) is 0.190. The summed E-state index contributed by atoms with van der Waals surface area (Å²) < 4.78 is 16.3. The zero-order valence-electron chi connectivity index (χ0n) is 16.1. The minimum Gasteiger partial charge on any atom is -0.464 e. The summed E-state index contributed by atoms with van der Waals surface area (Å²) in [5.41, 5.74) is 1.06. The van der Waals surface area contributed by atoms with Gasteiger partial charge in [-0.05, 0) is 48.0 Å². The van der Waals surface area contributed by atoms with E-state index in [2.05, 4.69) is 26.6 Å². The molecule has 156 valence electrons. The summed E-state index contributed by atoms with van der Waals surface area (Å²) in [6, 6.07) is 11.9. The van der Waals surface area contributed by atoms with Crippen molar-refractivity contribution in [3.8, 4) is 11.5 Å². The Balaban J connectivity index is 1.78.